The molecule has 126 valence electrons. The minimum atomic E-state index is -5.83. The van der Waals surface area contributed by atoms with Crippen molar-refractivity contribution in [1.82, 2.24) is 0 Å². The monoisotopic (exact) mass is 466 g/mol. The molecule has 0 heterocycles. The molecule has 2 aromatic rings. The van der Waals surface area contributed by atoms with Crippen molar-refractivity contribution in [2.45, 2.75) is 5.51 Å². The molecule has 0 unspecified atom stereocenters. The van der Waals surface area contributed by atoms with Gasteiger partial charge >= 0.3 is 136 Å². The van der Waals surface area contributed by atoms with Crippen molar-refractivity contribution in [2.24, 2.45) is 0 Å². The van der Waals surface area contributed by atoms with E-state index in [1.54, 1.807) is 0 Å². The summed E-state index contributed by atoms with van der Waals surface area (Å²) in [5.74, 6) is -1.27. The second kappa shape index (κ2) is 6.69. The molecular formula is C13H8F5IO3S. The van der Waals surface area contributed by atoms with Crippen LogP contribution >= 0.6 is 20.2 Å². The molecule has 0 aliphatic rings. The maximum atomic E-state index is 13.0. The van der Waals surface area contributed by atoms with E-state index in [0.717, 1.165) is 48.5 Å². The van der Waals surface area contributed by atoms with E-state index in [0.29, 0.717) is 0 Å². The summed E-state index contributed by atoms with van der Waals surface area (Å²) >= 11 is -3.57. The van der Waals surface area contributed by atoms with Gasteiger partial charge in [0.2, 0.25) is 0 Å². The van der Waals surface area contributed by atoms with Crippen molar-refractivity contribution in [1.29, 1.82) is 0 Å². The molecule has 0 spiro atoms. The van der Waals surface area contributed by atoms with Crippen LogP contribution in [0.4, 0.5) is 22.0 Å². The molecule has 0 aliphatic heterocycles. The van der Waals surface area contributed by atoms with Crippen LogP contribution in [0, 0.1) is 18.8 Å². The first-order valence-electron chi connectivity index (χ1n) is 5.82. The summed E-state index contributed by atoms with van der Waals surface area (Å²) in [4.78, 5) is 0. The van der Waals surface area contributed by atoms with E-state index in [2.05, 4.69) is 2.51 Å². The van der Waals surface area contributed by atoms with E-state index < -0.39 is 47.5 Å². The number of halogens is 6. The second-order valence-electron chi connectivity index (χ2n) is 4.08. The summed E-state index contributed by atoms with van der Waals surface area (Å²) in [6.45, 7) is 0. The number of benzene rings is 2. The third-order valence-electron chi connectivity index (χ3n) is 2.43. The molecule has 0 bridgehead atoms. The van der Waals surface area contributed by atoms with E-state index in [1.807, 2.05) is 0 Å². The molecule has 0 radical (unpaired) electrons. The van der Waals surface area contributed by atoms with Gasteiger partial charge in [0.25, 0.3) is 0 Å². The van der Waals surface area contributed by atoms with Crippen molar-refractivity contribution >= 4 is 30.4 Å². The summed E-state index contributed by atoms with van der Waals surface area (Å²) in [5.41, 5.74) is -5.58. The van der Waals surface area contributed by atoms with Crippen LogP contribution in [0.25, 0.3) is 0 Å². The van der Waals surface area contributed by atoms with Crippen LogP contribution in [-0.4, -0.2) is 13.9 Å². The molecule has 0 saturated carbocycles. The summed E-state index contributed by atoms with van der Waals surface area (Å²) in [5, 5.41) is 0. The Bertz CT molecular complexity index is 727. The van der Waals surface area contributed by atoms with Gasteiger partial charge in [-0.1, -0.05) is 0 Å². The van der Waals surface area contributed by atoms with Crippen LogP contribution in [-0.2, 0) is 12.6 Å². The zero-order valence-corrected chi connectivity index (χ0v) is 14.0. The normalized spacial score (nSPS) is 13.0. The Morgan fingerprint density at radius 3 is 1.43 bits per heavy atom. The zero-order valence-electron chi connectivity index (χ0n) is 11.0. The van der Waals surface area contributed by atoms with E-state index in [-0.39, 0.29) is 7.14 Å². The molecule has 10 heteroatoms. The molecule has 0 saturated heterocycles. The number of hydrogen-bond donors (Lipinski definition) is 0. The molecule has 0 fully saturated rings. The van der Waals surface area contributed by atoms with E-state index in [1.165, 1.54) is 0 Å². The average Bonchev–Trinajstić information content (AvgIpc) is 2.46. The predicted molar refractivity (Wildman–Crippen MR) is 80.3 cm³/mol. The molecular weight excluding hydrogens is 458 g/mol. The Morgan fingerprint density at radius 2 is 1.13 bits per heavy atom. The Morgan fingerprint density at radius 1 is 0.783 bits per heavy atom. The van der Waals surface area contributed by atoms with Gasteiger partial charge in [0.1, 0.15) is 0 Å². The third kappa shape index (κ3) is 4.38. The van der Waals surface area contributed by atoms with Gasteiger partial charge in [0.15, 0.2) is 0 Å². The Kier molecular flexibility index (Phi) is 5.26. The quantitative estimate of drug-likeness (QED) is 0.384. The van der Waals surface area contributed by atoms with Gasteiger partial charge in [-0.15, -0.1) is 0 Å². The fourth-order valence-corrected chi connectivity index (χ4v) is 7.81. The fraction of sp³-hybridized carbons (Fsp3) is 0.0769. The molecule has 2 aromatic carbocycles. The topological polar surface area (TPSA) is 43.4 Å². The van der Waals surface area contributed by atoms with E-state index in [4.69, 9.17) is 0 Å². The van der Waals surface area contributed by atoms with E-state index >= 15 is 0 Å². The summed E-state index contributed by atoms with van der Waals surface area (Å²) < 4.78 is 90.8. The molecule has 0 aliphatic carbocycles. The van der Waals surface area contributed by atoms with Gasteiger partial charge in [-0.2, -0.15) is 0 Å². The third-order valence-corrected chi connectivity index (χ3v) is 9.49. The first kappa shape index (κ1) is 18.1. The first-order chi connectivity index (χ1) is 10.6. The molecule has 0 atom stereocenters. The first-order valence-corrected chi connectivity index (χ1v) is 10.3. The number of hydrogen-bond acceptors (Lipinski definition) is 3. The Balaban J connectivity index is 2.48. The van der Waals surface area contributed by atoms with Crippen LogP contribution in [0.5, 0.6) is 0 Å². The SMILES string of the molecule is O=S(=O)(OI(c1ccc(F)cc1)c1ccc(F)cc1)C(F)(F)F. The molecule has 0 amide bonds. The zero-order chi connectivity index (χ0) is 17.3. The standard InChI is InChI=1S/C13H8F5IO3S/c14-9-1-5-11(6-2-9)19(12-7-3-10(15)4-8-12)22-23(20,21)13(16,17)18/h1-8H. The minimum absolute atomic E-state index is 0.120. The van der Waals surface area contributed by atoms with Crippen LogP contribution in [0.3, 0.4) is 0 Å². The number of alkyl halides is 3. The fourth-order valence-electron chi connectivity index (χ4n) is 1.41. The number of rotatable bonds is 4. The molecule has 0 aromatic heterocycles. The molecule has 2 rings (SSSR count). The molecule has 0 N–H and O–H groups in total. The maximum absolute atomic E-state index is 13.0. The Hall–Kier alpha value is -1.27. The van der Waals surface area contributed by atoms with Crippen LogP contribution in [0.1, 0.15) is 0 Å². The van der Waals surface area contributed by atoms with E-state index in [9.17, 15) is 30.4 Å². The molecule has 23 heavy (non-hydrogen) atoms. The van der Waals surface area contributed by atoms with Gasteiger partial charge in [0.05, 0.1) is 0 Å². The van der Waals surface area contributed by atoms with Crippen LogP contribution in [0.2, 0.25) is 0 Å². The van der Waals surface area contributed by atoms with Gasteiger partial charge in [-0.05, 0) is 0 Å². The van der Waals surface area contributed by atoms with Gasteiger partial charge in [-0.25, -0.2) is 0 Å². The second-order valence-corrected chi connectivity index (χ2v) is 10.6. The van der Waals surface area contributed by atoms with Crippen molar-refractivity contribution < 1.29 is 32.9 Å². The van der Waals surface area contributed by atoms with Crippen molar-refractivity contribution in [2.75, 3.05) is 0 Å². The van der Waals surface area contributed by atoms with Crippen molar-refractivity contribution in [3.8, 4) is 0 Å². The van der Waals surface area contributed by atoms with Crippen molar-refractivity contribution in [3.05, 3.63) is 67.3 Å². The van der Waals surface area contributed by atoms with Crippen LogP contribution in [0.15, 0.2) is 48.5 Å². The van der Waals surface area contributed by atoms with Gasteiger partial charge < -0.3 is 0 Å². The predicted octanol–water partition coefficient (Wildman–Crippen LogP) is 4.29. The molecule has 3 nitrogen and oxygen atoms in total. The van der Waals surface area contributed by atoms with Gasteiger partial charge in [0, 0.05) is 0 Å². The average molecular weight is 466 g/mol. The summed E-state index contributed by atoms with van der Waals surface area (Å²) in [6, 6.07) is 8.51. The Labute approximate surface area is 136 Å². The van der Waals surface area contributed by atoms with Crippen molar-refractivity contribution in [3.63, 3.8) is 0 Å². The summed E-state index contributed by atoms with van der Waals surface area (Å²) in [6.07, 6.45) is 0. The van der Waals surface area contributed by atoms with Gasteiger partial charge in [-0.3, -0.25) is 0 Å². The summed E-state index contributed by atoms with van der Waals surface area (Å²) in [7, 11) is -5.83. The van der Waals surface area contributed by atoms with Crippen LogP contribution < -0.4 is 0 Å².